The summed E-state index contributed by atoms with van der Waals surface area (Å²) in [6, 6.07) is 5.77. The number of Topliss-reactive ketones (excluding diaryl/α,β-unsaturated/α-hetero) is 1. The molecule has 38 heavy (non-hydrogen) atoms. The van der Waals surface area contributed by atoms with Gasteiger partial charge in [-0.15, -0.1) is 17.9 Å². The van der Waals surface area contributed by atoms with Crippen LogP contribution in [0.5, 0.6) is 0 Å². The molecule has 2 aliphatic heterocycles. The van der Waals surface area contributed by atoms with Gasteiger partial charge in [0.05, 0.1) is 57.0 Å². The number of hydrogen-bond donors (Lipinski definition) is 3. The summed E-state index contributed by atoms with van der Waals surface area (Å²) in [5, 5.41) is 26.3. The molecule has 208 valence electrons. The highest BCUT2D eigenvalue weighted by Gasteiger charge is 2.52. The number of aromatic nitrogens is 1. The normalized spacial score (nSPS) is 34.9. The maximum absolute atomic E-state index is 13.6. The lowest BCUT2D eigenvalue weighted by Gasteiger charge is -2.36. The summed E-state index contributed by atoms with van der Waals surface area (Å²) in [6.45, 7) is 13.1. The van der Waals surface area contributed by atoms with Crippen molar-refractivity contribution in [3.05, 3.63) is 41.4 Å². The molecule has 1 aromatic carbocycles. The maximum Gasteiger partial charge on any atom is 0.223 e. The Morgan fingerprint density at radius 2 is 2.00 bits per heavy atom. The summed E-state index contributed by atoms with van der Waals surface area (Å²) in [7, 11) is 0. The summed E-state index contributed by atoms with van der Waals surface area (Å²) >= 11 is 1.63. The van der Waals surface area contributed by atoms with Crippen molar-refractivity contribution >= 4 is 33.2 Å². The average molecular weight is 543 g/mol. The molecule has 7 nitrogen and oxygen atoms in total. The van der Waals surface area contributed by atoms with Crippen LogP contribution in [-0.4, -0.2) is 50.8 Å². The van der Waals surface area contributed by atoms with Gasteiger partial charge in [-0.3, -0.25) is 9.59 Å². The molecular weight excluding hydrogens is 500 g/mol. The van der Waals surface area contributed by atoms with Crippen molar-refractivity contribution in [1.82, 2.24) is 10.3 Å². The molecule has 1 aromatic heterocycles. The van der Waals surface area contributed by atoms with Gasteiger partial charge < -0.3 is 20.3 Å². The van der Waals surface area contributed by atoms with Gasteiger partial charge in [-0.05, 0) is 56.7 Å². The monoisotopic (exact) mass is 542 g/mol. The fourth-order valence-corrected chi connectivity index (χ4v) is 6.63. The summed E-state index contributed by atoms with van der Waals surface area (Å²) in [4.78, 5) is 31.5. The number of carbonyl (C=O) groups is 2. The predicted octanol–water partition coefficient (Wildman–Crippen LogP) is 5.03. The Kier molecular flexibility index (Phi) is 8.48. The average Bonchev–Trinajstić information content (AvgIpc) is 3.32. The SMILES string of the molecule is C=CC[C@H]1C(=O)C(C)(C)[C@@H](O)CC(=O)N[C@H](c2ccc3sc(C)nc3c2)CC2OC2(C)CCC[C@H](C)[C@H]1O. The number of aliphatic hydroxyl groups is 2. The van der Waals surface area contributed by atoms with Gasteiger partial charge in [0.1, 0.15) is 5.78 Å². The van der Waals surface area contributed by atoms with Crippen LogP contribution in [0.4, 0.5) is 0 Å². The zero-order valence-electron chi connectivity index (χ0n) is 23.2. The third kappa shape index (κ3) is 6.03. The van der Waals surface area contributed by atoms with Crippen LogP contribution in [0, 0.1) is 24.2 Å². The molecule has 4 rings (SSSR count). The summed E-state index contributed by atoms with van der Waals surface area (Å²) in [6.07, 6.45) is 2.73. The molecule has 0 saturated carbocycles. The Labute approximate surface area is 229 Å². The minimum Gasteiger partial charge on any atom is -0.392 e. The first-order valence-electron chi connectivity index (χ1n) is 13.7. The van der Waals surface area contributed by atoms with Crippen molar-refractivity contribution in [2.75, 3.05) is 0 Å². The second-order valence-electron chi connectivity index (χ2n) is 12.0. The summed E-state index contributed by atoms with van der Waals surface area (Å²) in [5.74, 6) is -1.37. The molecule has 2 saturated heterocycles. The van der Waals surface area contributed by atoms with Gasteiger partial charge in [0.2, 0.25) is 5.91 Å². The molecule has 2 fully saturated rings. The Balaban J connectivity index is 1.63. The molecule has 2 unspecified atom stereocenters. The zero-order chi connectivity index (χ0) is 27.8. The molecule has 2 aromatic rings. The van der Waals surface area contributed by atoms with E-state index in [1.807, 2.05) is 32.0 Å². The molecule has 0 bridgehead atoms. The molecular formula is C30H42N2O5S. The third-order valence-electron chi connectivity index (χ3n) is 8.67. The molecule has 8 heteroatoms. The van der Waals surface area contributed by atoms with Crippen LogP contribution in [0.1, 0.15) is 82.8 Å². The van der Waals surface area contributed by atoms with Gasteiger partial charge in [-0.25, -0.2) is 4.98 Å². The Morgan fingerprint density at radius 3 is 2.71 bits per heavy atom. The van der Waals surface area contributed by atoms with Gasteiger partial charge in [0, 0.05) is 12.3 Å². The Bertz CT molecular complexity index is 1190. The Hall–Kier alpha value is -2.13. The van der Waals surface area contributed by atoms with Crippen molar-refractivity contribution in [2.24, 2.45) is 17.3 Å². The minimum absolute atomic E-state index is 0.00902. The topological polar surface area (TPSA) is 112 Å². The van der Waals surface area contributed by atoms with Gasteiger partial charge in [-0.2, -0.15) is 0 Å². The van der Waals surface area contributed by atoms with Gasteiger partial charge >= 0.3 is 0 Å². The molecule has 3 heterocycles. The smallest absolute Gasteiger partial charge is 0.223 e. The van der Waals surface area contributed by atoms with E-state index in [1.54, 1.807) is 31.3 Å². The van der Waals surface area contributed by atoms with Crippen LogP contribution in [0.25, 0.3) is 10.2 Å². The van der Waals surface area contributed by atoms with Crippen LogP contribution < -0.4 is 5.32 Å². The first-order valence-corrected chi connectivity index (χ1v) is 14.5. The molecule has 2 aliphatic rings. The number of fused-ring (bicyclic) bond motifs is 2. The van der Waals surface area contributed by atoms with E-state index in [1.165, 1.54) is 0 Å². The first kappa shape index (κ1) is 28.9. The zero-order valence-corrected chi connectivity index (χ0v) is 24.0. The number of carbonyl (C=O) groups excluding carboxylic acids is 2. The van der Waals surface area contributed by atoms with Crippen molar-refractivity contribution in [2.45, 2.75) is 103 Å². The quantitative estimate of drug-likeness (QED) is 0.371. The van der Waals surface area contributed by atoms with Crippen molar-refractivity contribution in [1.29, 1.82) is 0 Å². The number of nitrogens with one attached hydrogen (secondary N) is 1. The predicted molar refractivity (Wildman–Crippen MR) is 150 cm³/mol. The fourth-order valence-electron chi connectivity index (χ4n) is 5.83. The Morgan fingerprint density at radius 1 is 1.26 bits per heavy atom. The standard InChI is InChI=1S/C30H42N2O5S/c1-7-9-20-27(35)17(2)10-8-13-30(6)25(37-30)15-21(19-11-12-23-22(14-19)31-18(3)38-23)32-26(34)16-24(33)29(4,5)28(20)36/h7,11-12,14,17,20-21,24-25,27,33,35H,1,8-10,13,15-16H2,2-6H3,(H,32,34)/t17-,20+,21-,24-,25?,27+,30?/m0/s1. The summed E-state index contributed by atoms with van der Waals surface area (Å²) < 4.78 is 7.25. The lowest BCUT2D eigenvalue weighted by Crippen LogP contribution is -2.47. The number of epoxide rings is 1. The number of allylic oxidation sites excluding steroid dienone is 1. The number of nitrogens with zero attached hydrogens (tertiary/aromatic N) is 1. The molecule has 7 atom stereocenters. The van der Waals surface area contributed by atoms with Crippen LogP contribution >= 0.6 is 11.3 Å². The van der Waals surface area contributed by atoms with E-state index < -0.39 is 23.5 Å². The van der Waals surface area contributed by atoms with E-state index >= 15 is 0 Å². The number of ether oxygens (including phenoxy) is 1. The number of aryl methyl sites for hydroxylation is 1. The maximum atomic E-state index is 13.6. The van der Waals surface area contributed by atoms with Crippen LogP contribution in [0.2, 0.25) is 0 Å². The van der Waals surface area contributed by atoms with Crippen LogP contribution in [0.15, 0.2) is 30.9 Å². The van der Waals surface area contributed by atoms with E-state index in [-0.39, 0.29) is 41.8 Å². The molecule has 1 amide bonds. The highest BCUT2D eigenvalue weighted by molar-refractivity contribution is 7.18. The van der Waals surface area contributed by atoms with Crippen molar-refractivity contribution in [3.8, 4) is 0 Å². The largest absolute Gasteiger partial charge is 0.392 e. The second-order valence-corrected chi connectivity index (χ2v) is 13.3. The van der Waals surface area contributed by atoms with Gasteiger partial charge in [-0.1, -0.05) is 39.3 Å². The van der Waals surface area contributed by atoms with Crippen molar-refractivity contribution in [3.63, 3.8) is 0 Å². The first-order chi connectivity index (χ1) is 17.9. The molecule has 3 N–H and O–H groups in total. The van der Waals surface area contributed by atoms with E-state index in [2.05, 4.69) is 23.8 Å². The van der Waals surface area contributed by atoms with Crippen LogP contribution in [-0.2, 0) is 14.3 Å². The van der Waals surface area contributed by atoms with E-state index in [0.717, 1.165) is 40.1 Å². The van der Waals surface area contributed by atoms with E-state index in [0.29, 0.717) is 12.8 Å². The highest BCUT2D eigenvalue weighted by atomic mass is 32.1. The number of amides is 1. The number of rotatable bonds is 3. The van der Waals surface area contributed by atoms with Gasteiger partial charge in [0.25, 0.3) is 0 Å². The molecule has 0 aliphatic carbocycles. The highest BCUT2D eigenvalue weighted by Crippen LogP contribution is 2.46. The number of hydrogen-bond acceptors (Lipinski definition) is 7. The molecule has 0 radical (unpaired) electrons. The van der Waals surface area contributed by atoms with E-state index in [9.17, 15) is 19.8 Å². The number of ketones is 1. The minimum atomic E-state index is -1.21. The number of thiazole rings is 1. The summed E-state index contributed by atoms with van der Waals surface area (Å²) in [5.41, 5.74) is 0.346. The van der Waals surface area contributed by atoms with Crippen molar-refractivity contribution < 1.29 is 24.5 Å². The number of aliphatic hydroxyl groups excluding tert-OH is 2. The fraction of sp³-hybridized carbons (Fsp3) is 0.633. The van der Waals surface area contributed by atoms with E-state index in [4.69, 9.17) is 4.74 Å². The number of benzene rings is 1. The third-order valence-corrected chi connectivity index (χ3v) is 9.63. The van der Waals surface area contributed by atoms with Crippen LogP contribution in [0.3, 0.4) is 0 Å². The second kappa shape index (κ2) is 11.2. The lowest BCUT2D eigenvalue weighted by molar-refractivity contribution is -0.144. The molecule has 0 spiro atoms. The lowest BCUT2D eigenvalue weighted by atomic mass is 9.71. The van der Waals surface area contributed by atoms with Gasteiger partial charge in [0.15, 0.2) is 0 Å².